The van der Waals surface area contributed by atoms with Gasteiger partial charge >= 0.3 is 11.8 Å². The average molecular weight is 310 g/mol. The van der Waals surface area contributed by atoms with Gasteiger partial charge < -0.3 is 14.5 Å². The van der Waals surface area contributed by atoms with Gasteiger partial charge in [-0.15, -0.1) is 10.2 Å². The Labute approximate surface area is 132 Å². The first-order valence-electron chi connectivity index (χ1n) is 6.92. The molecule has 7 nitrogen and oxygen atoms in total. The Bertz CT molecular complexity index is 802. The van der Waals surface area contributed by atoms with Crippen LogP contribution in [0.3, 0.4) is 0 Å². The Hall–Kier alpha value is -3.22. The molecule has 3 aromatic rings. The van der Waals surface area contributed by atoms with Gasteiger partial charge in [-0.3, -0.25) is 9.78 Å². The number of rotatable bonds is 5. The SMILES string of the molecule is COc1ccccc1-c1nnc(C(=O)NCc2cccnc2)o1. The minimum atomic E-state index is -0.442. The molecule has 0 aliphatic carbocycles. The number of ether oxygens (including phenoxy) is 1. The van der Waals surface area contributed by atoms with Crippen LogP contribution >= 0.6 is 0 Å². The zero-order valence-electron chi connectivity index (χ0n) is 12.4. The minimum absolute atomic E-state index is 0.102. The van der Waals surface area contributed by atoms with Gasteiger partial charge in [0.15, 0.2) is 0 Å². The predicted molar refractivity (Wildman–Crippen MR) is 81.7 cm³/mol. The summed E-state index contributed by atoms with van der Waals surface area (Å²) in [6.45, 7) is 0.332. The topological polar surface area (TPSA) is 90.1 Å². The number of hydrogen-bond donors (Lipinski definition) is 1. The molecule has 0 aliphatic heterocycles. The summed E-state index contributed by atoms with van der Waals surface area (Å²) < 4.78 is 10.7. The minimum Gasteiger partial charge on any atom is -0.496 e. The van der Waals surface area contributed by atoms with Crippen molar-refractivity contribution in [3.8, 4) is 17.2 Å². The van der Waals surface area contributed by atoms with Gasteiger partial charge in [0.05, 0.1) is 12.7 Å². The molecule has 23 heavy (non-hydrogen) atoms. The number of nitrogens with zero attached hydrogens (tertiary/aromatic N) is 3. The second kappa shape index (κ2) is 6.69. The van der Waals surface area contributed by atoms with E-state index in [0.29, 0.717) is 17.9 Å². The molecule has 0 radical (unpaired) electrons. The van der Waals surface area contributed by atoms with Crippen LogP contribution in [-0.2, 0) is 6.54 Å². The van der Waals surface area contributed by atoms with Crippen LogP contribution in [0.5, 0.6) is 5.75 Å². The van der Waals surface area contributed by atoms with E-state index >= 15 is 0 Å². The highest BCUT2D eigenvalue weighted by Gasteiger charge is 2.17. The van der Waals surface area contributed by atoms with Crippen LogP contribution in [0, 0.1) is 0 Å². The summed E-state index contributed by atoms with van der Waals surface area (Å²) in [5.41, 5.74) is 1.51. The zero-order chi connectivity index (χ0) is 16.1. The molecular weight excluding hydrogens is 296 g/mol. The number of aromatic nitrogens is 3. The Balaban J connectivity index is 1.72. The van der Waals surface area contributed by atoms with Crippen molar-refractivity contribution < 1.29 is 13.9 Å². The first-order valence-corrected chi connectivity index (χ1v) is 6.92. The Morgan fingerprint density at radius 3 is 2.87 bits per heavy atom. The number of methoxy groups -OCH3 is 1. The van der Waals surface area contributed by atoms with Crippen molar-refractivity contribution in [3.63, 3.8) is 0 Å². The van der Waals surface area contributed by atoms with E-state index in [1.54, 1.807) is 37.7 Å². The molecule has 0 aliphatic rings. The van der Waals surface area contributed by atoms with Crippen molar-refractivity contribution in [2.75, 3.05) is 7.11 Å². The van der Waals surface area contributed by atoms with E-state index < -0.39 is 5.91 Å². The standard InChI is InChI=1S/C16H14N4O3/c1-22-13-7-3-2-6-12(13)15-19-20-16(23-15)14(21)18-10-11-5-4-8-17-9-11/h2-9H,10H2,1H3,(H,18,21). The lowest BCUT2D eigenvalue weighted by Crippen LogP contribution is -2.23. The normalized spacial score (nSPS) is 10.3. The van der Waals surface area contributed by atoms with Crippen LogP contribution in [0.15, 0.2) is 53.2 Å². The molecule has 1 N–H and O–H groups in total. The number of carbonyl (C=O) groups excluding carboxylic acids is 1. The lowest BCUT2D eigenvalue weighted by atomic mass is 10.2. The molecule has 0 unspecified atom stereocenters. The fourth-order valence-corrected chi connectivity index (χ4v) is 2.01. The maximum atomic E-state index is 12.1. The number of amides is 1. The summed E-state index contributed by atoms with van der Waals surface area (Å²) in [7, 11) is 1.55. The highest BCUT2D eigenvalue weighted by Crippen LogP contribution is 2.28. The summed E-state index contributed by atoms with van der Waals surface area (Å²) in [6.07, 6.45) is 3.34. The van der Waals surface area contributed by atoms with Gasteiger partial charge in [0.1, 0.15) is 5.75 Å². The monoisotopic (exact) mass is 310 g/mol. The third kappa shape index (κ3) is 3.34. The summed E-state index contributed by atoms with van der Waals surface area (Å²) >= 11 is 0. The van der Waals surface area contributed by atoms with Gasteiger partial charge in [0, 0.05) is 18.9 Å². The Morgan fingerprint density at radius 2 is 2.09 bits per heavy atom. The fourth-order valence-electron chi connectivity index (χ4n) is 2.01. The number of para-hydroxylation sites is 1. The van der Waals surface area contributed by atoms with Gasteiger partial charge in [-0.25, -0.2) is 0 Å². The summed E-state index contributed by atoms with van der Waals surface area (Å²) in [6, 6.07) is 10.9. The van der Waals surface area contributed by atoms with Gasteiger partial charge in [0.2, 0.25) is 0 Å². The molecule has 116 valence electrons. The Kier molecular flexibility index (Phi) is 4.28. The van der Waals surface area contributed by atoms with Crippen LogP contribution in [0.4, 0.5) is 0 Å². The number of pyridine rings is 1. The number of hydrogen-bond acceptors (Lipinski definition) is 6. The van der Waals surface area contributed by atoms with Crippen LogP contribution < -0.4 is 10.1 Å². The van der Waals surface area contributed by atoms with E-state index in [1.165, 1.54) is 0 Å². The van der Waals surface area contributed by atoms with E-state index in [2.05, 4.69) is 20.5 Å². The van der Waals surface area contributed by atoms with Gasteiger partial charge in [0.25, 0.3) is 5.89 Å². The van der Waals surface area contributed by atoms with E-state index in [9.17, 15) is 4.79 Å². The zero-order valence-corrected chi connectivity index (χ0v) is 12.4. The number of benzene rings is 1. The largest absolute Gasteiger partial charge is 0.496 e. The molecule has 0 spiro atoms. The molecular formula is C16H14N4O3. The van der Waals surface area contributed by atoms with Crippen LogP contribution in [-0.4, -0.2) is 28.2 Å². The van der Waals surface area contributed by atoms with Crippen LogP contribution in [0.2, 0.25) is 0 Å². The number of nitrogens with one attached hydrogen (secondary N) is 1. The van der Waals surface area contributed by atoms with Crippen molar-refractivity contribution in [1.29, 1.82) is 0 Å². The molecule has 0 saturated heterocycles. The van der Waals surface area contributed by atoms with Crippen molar-refractivity contribution in [3.05, 3.63) is 60.2 Å². The second-order valence-electron chi connectivity index (χ2n) is 4.66. The molecule has 0 atom stereocenters. The number of carbonyl (C=O) groups is 1. The molecule has 7 heteroatoms. The van der Waals surface area contributed by atoms with Crippen molar-refractivity contribution in [2.24, 2.45) is 0 Å². The van der Waals surface area contributed by atoms with E-state index in [1.807, 2.05) is 18.2 Å². The third-order valence-corrected chi connectivity index (χ3v) is 3.13. The van der Waals surface area contributed by atoms with Crippen LogP contribution in [0.25, 0.3) is 11.5 Å². The third-order valence-electron chi connectivity index (χ3n) is 3.13. The molecule has 0 saturated carbocycles. The Morgan fingerprint density at radius 1 is 1.22 bits per heavy atom. The van der Waals surface area contributed by atoms with Crippen molar-refractivity contribution in [1.82, 2.24) is 20.5 Å². The molecule has 3 rings (SSSR count). The first kappa shape index (κ1) is 14.7. The maximum absolute atomic E-state index is 12.1. The summed E-state index contributed by atoms with van der Waals surface area (Å²) in [4.78, 5) is 16.0. The van der Waals surface area contributed by atoms with E-state index in [0.717, 1.165) is 5.56 Å². The van der Waals surface area contributed by atoms with E-state index in [4.69, 9.17) is 9.15 Å². The molecule has 2 heterocycles. The quantitative estimate of drug-likeness (QED) is 0.776. The van der Waals surface area contributed by atoms with Crippen LogP contribution in [0.1, 0.15) is 16.2 Å². The highest BCUT2D eigenvalue weighted by atomic mass is 16.5. The molecule has 1 aromatic carbocycles. The molecule has 1 amide bonds. The first-order chi connectivity index (χ1) is 11.3. The van der Waals surface area contributed by atoms with Gasteiger partial charge in [-0.2, -0.15) is 0 Å². The van der Waals surface area contributed by atoms with Crippen molar-refractivity contribution in [2.45, 2.75) is 6.54 Å². The average Bonchev–Trinajstić information content (AvgIpc) is 3.10. The molecule has 0 bridgehead atoms. The molecule has 2 aromatic heterocycles. The molecule has 0 fully saturated rings. The highest BCUT2D eigenvalue weighted by molar-refractivity contribution is 5.89. The lowest BCUT2D eigenvalue weighted by Gasteiger charge is -2.03. The predicted octanol–water partition coefficient (Wildman–Crippen LogP) is 2.07. The van der Waals surface area contributed by atoms with Crippen molar-refractivity contribution >= 4 is 5.91 Å². The van der Waals surface area contributed by atoms with Gasteiger partial charge in [-0.05, 0) is 23.8 Å². The smallest absolute Gasteiger partial charge is 0.309 e. The fraction of sp³-hybridized carbons (Fsp3) is 0.125. The summed E-state index contributed by atoms with van der Waals surface area (Å²) in [5.74, 6) is 0.282. The second-order valence-corrected chi connectivity index (χ2v) is 4.66. The maximum Gasteiger partial charge on any atom is 0.309 e. The lowest BCUT2D eigenvalue weighted by molar-refractivity contribution is 0.0916. The summed E-state index contributed by atoms with van der Waals surface area (Å²) in [5, 5.41) is 10.4. The van der Waals surface area contributed by atoms with E-state index in [-0.39, 0.29) is 11.8 Å². The van der Waals surface area contributed by atoms with Gasteiger partial charge in [-0.1, -0.05) is 18.2 Å².